The molecule has 41 heavy (non-hydrogen) atoms. The third kappa shape index (κ3) is 24.6. The average molecular weight is 599 g/mol. The molecule has 4 N–H and O–H groups in total. The predicted octanol–water partition coefficient (Wildman–Crippen LogP) is -1.91. The minimum absolute atomic E-state index is 0.0880. The summed E-state index contributed by atoms with van der Waals surface area (Å²) in [6.45, 7) is 8.87. The zero-order chi connectivity index (χ0) is 31.5. The second-order valence-electron chi connectivity index (χ2n) is 8.05. The van der Waals surface area contributed by atoms with Crippen LogP contribution >= 0.6 is 0 Å². The van der Waals surface area contributed by atoms with Gasteiger partial charge < -0.3 is 54.0 Å². The fourth-order valence-electron chi connectivity index (χ4n) is 2.44. The van der Waals surface area contributed by atoms with Crippen molar-refractivity contribution >= 4 is 29.8 Å². The molecule has 2 fully saturated rings. The normalized spacial score (nSPS) is 18.6. The Bertz CT molecular complexity index is 705. The molecule has 16 nitrogen and oxygen atoms in total. The zero-order valence-corrected chi connectivity index (χ0v) is 24.5. The van der Waals surface area contributed by atoms with Crippen LogP contribution < -0.4 is 10.6 Å². The second-order valence-corrected chi connectivity index (χ2v) is 8.05. The van der Waals surface area contributed by atoms with Crippen molar-refractivity contribution < 1.29 is 67.3 Å². The van der Waals surface area contributed by atoms with Gasteiger partial charge in [0.05, 0.1) is 60.1 Å². The summed E-state index contributed by atoms with van der Waals surface area (Å²) in [5.41, 5.74) is 0. The Balaban J connectivity index is 0. The van der Waals surface area contributed by atoms with Crippen molar-refractivity contribution in [2.24, 2.45) is 0 Å². The van der Waals surface area contributed by atoms with Gasteiger partial charge in [0.1, 0.15) is 6.61 Å². The average Bonchev–Trinajstić information content (AvgIpc) is 3.22. The van der Waals surface area contributed by atoms with Gasteiger partial charge in [-0.05, 0) is 20.8 Å². The molecule has 2 rings (SSSR count). The first-order valence-corrected chi connectivity index (χ1v) is 13.1. The molecule has 2 saturated heterocycles. The van der Waals surface area contributed by atoms with E-state index in [-0.39, 0.29) is 25.2 Å². The zero-order valence-electron chi connectivity index (χ0n) is 24.5. The maximum atomic E-state index is 11.0. The van der Waals surface area contributed by atoms with Gasteiger partial charge >= 0.3 is 29.8 Å². The van der Waals surface area contributed by atoms with E-state index in [1.165, 1.54) is 28.1 Å². The van der Waals surface area contributed by atoms with Crippen molar-refractivity contribution in [1.82, 2.24) is 10.6 Å². The van der Waals surface area contributed by atoms with Crippen LogP contribution in [0.25, 0.3) is 0 Å². The van der Waals surface area contributed by atoms with Gasteiger partial charge in [-0.1, -0.05) is 0 Å². The number of carbonyl (C=O) groups excluding carboxylic acids is 5. The number of carbonyl (C=O) groups is 5. The Morgan fingerprint density at radius 1 is 0.951 bits per heavy atom. The van der Waals surface area contributed by atoms with E-state index in [2.05, 4.69) is 29.6 Å². The van der Waals surface area contributed by atoms with Gasteiger partial charge in [-0.15, -0.1) is 0 Å². The number of ether oxygens (including phenoxy) is 7. The van der Waals surface area contributed by atoms with Gasteiger partial charge in [-0.3, -0.25) is 9.59 Å². The molecule has 0 spiro atoms. The Morgan fingerprint density at radius 3 is 2.10 bits per heavy atom. The summed E-state index contributed by atoms with van der Waals surface area (Å²) in [4.78, 5) is 53.5. The molecule has 16 heteroatoms. The quantitative estimate of drug-likeness (QED) is 0.110. The predicted molar refractivity (Wildman–Crippen MR) is 141 cm³/mol. The summed E-state index contributed by atoms with van der Waals surface area (Å²) in [7, 11) is 2.68. The summed E-state index contributed by atoms with van der Waals surface area (Å²) < 4.78 is 33.4. The number of nitrogens with one attached hydrogen (secondary N) is 2. The lowest BCUT2D eigenvalue weighted by atomic mass is 10.3. The number of esters is 5. The first kappa shape index (κ1) is 40.2. The Hall–Kier alpha value is -2.89. The van der Waals surface area contributed by atoms with Crippen LogP contribution in [0.1, 0.15) is 33.6 Å². The summed E-state index contributed by atoms with van der Waals surface area (Å²) in [5.74, 6) is -1.68. The van der Waals surface area contributed by atoms with Gasteiger partial charge in [0, 0.05) is 26.2 Å². The summed E-state index contributed by atoms with van der Waals surface area (Å²) in [5, 5.41) is 21.3. The Morgan fingerprint density at radius 2 is 1.56 bits per heavy atom. The summed E-state index contributed by atoms with van der Waals surface area (Å²) in [6, 6.07) is 0. The molecule has 3 unspecified atom stereocenters. The van der Waals surface area contributed by atoms with Gasteiger partial charge in [0.25, 0.3) is 0 Å². The molecule has 0 aromatic rings. The highest BCUT2D eigenvalue weighted by atomic mass is 16.6. The van der Waals surface area contributed by atoms with Crippen LogP contribution in [0.4, 0.5) is 0 Å². The summed E-state index contributed by atoms with van der Waals surface area (Å²) >= 11 is 0. The van der Waals surface area contributed by atoms with E-state index in [0.717, 1.165) is 13.1 Å². The minimum Gasteiger partial charge on any atom is -0.469 e. The first-order valence-electron chi connectivity index (χ1n) is 13.1. The van der Waals surface area contributed by atoms with Crippen LogP contribution in [0, 0.1) is 0 Å². The van der Waals surface area contributed by atoms with Crippen molar-refractivity contribution in [2.75, 3.05) is 80.0 Å². The van der Waals surface area contributed by atoms with Gasteiger partial charge in [-0.25, -0.2) is 14.4 Å². The van der Waals surface area contributed by atoms with Crippen LogP contribution in [0.2, 0.25) is 0 Å². The fraction of sp³-hybridized carbons (Fsp3) is 0.800. The topological polar surface area (TPSA) is 214 Å². The van der Waals surface area contributed by atoms with Crippen LogP contribution in [-0.2, 0) is 57.1 Å². The summed E-state index contributed by atoms with van der Waals surface area (Å²) in [6.07, 6.45) is -1.21. The number of cyclic esters (lactones) is 3. The largest absolute Gasteiger partial charge is 0.469 e. The van der Waals surface area contributed by atoms with E-state index < -0.39 is 36.2 Å². The van der Waals surface area contributed by atoms with E-state index in [1.807, 2.05) is 0 Å². The third-order valence-corrected chi connectivity index (χ3v) is 4.68. The second kappa shape index (κ2) is 27.3. The molecule has 2 aliphatic heterocycles. The SMILES string of the molecule is CC1OC(=O)C(C)OC1=O.COC(=O)CCNCCOCCOC(C)C(=O)OC.O=C1CCNCCO1.OCCO. The molecule has 2 aliphatic rings. The number of hydrogen-bond donors (Lipinski definition) is 4. The van der Waals surface area contributed by atoms with E-state index in [4.69, 9.17) is 24.4 Å². The molecule has 0 radical (unpaired) electrons. The van der Waals surface area contributed by atoms with Crippen molar-refractivity contribution in [3.05, 3.63) is 0 Å². The third-order valence-electron chi connectivity index (χ3n) is 4.68. The van der Waals surface area contributed by atoms with Crippen molar-refractivity contribution in [2.45, 2.75) is 51.9 Å². The highest BCUT2D eigenvalue weighted by Gasteiger charge is 2.32. The molecule has 0 saturated carbocycles. The maximum Gasteiger partial charge on any atom is 0.347 e. The highest BCUT2D eigenvalue weighted by molar-refractivity contribution is 5.86. The van der Waals surface area contributed by atoms with Crippen molar-refractivity contribution in [3.8, 4) is 0 Å². The molecular formula is C25H46N2O14. The molecular weight excluding hydrogens is 552 g/mol. The number of rotatable bonds is 12. The Kier molecular flexibility index (Phi) is 26.8. The first-order chi connectivity index (χ1) is 19.5. The highest BCUT2D eigenvalue weighted by Crippen LogP contribution is 2.08. The molecule has 2 heterocycles. The van der Waals surface area contributed by atoms with E-state index in [9.17, 15) is 24.0 Å². The molecule has 240 valence electrons. The van der Waals surface area contributed by atoms with Gasteiger partial charge in [-0.2, -0.15) is 0 Å². The minimum atomic E-state index is -0.747. The molecule has 0 amide bonds. The van der Waals surface area contributed by atoms with Crippen LogP contribution in [0.3, 0.4) is 0 Å². The monoisotopic (exact) mass is 598 g/mol. The van der Waals surface area contributed by atoms with Crippen molar-refractivity contribution in [1.29, 1.82) is 0 Å². The standard InChI is InChI=1S/C12H23NO6.C6H8O4.C5H9NO2.C2H6O2/c1-10(12(15)17-3)19-9-8-18-7-6-13-5-4-11(14)16-2;1-3-5(7)10-4(2)6(8)9-3;7-5-1-2-6-3-4-8-5;3-1-2-4/h10,13H,4-9H2,1-3H3;3-4H,1-2H3;6H,1-4H2;3-4H,1-2H2. The van der Waals surface area contributed by atoms with Gasteiger partial charge in [0.15, 0.2) is 18.3 Å². The molecule has 3 atom stereocenters. The maximum absolute atomic E-state index is 11.0. The van der Waals surface area contributed by atoms with Crippen LogP contribution in [0.5, 0.6) is 0 Å². The van der Waals surface area contributed by atoms with Crippen LogP contribution in [0.15, 0.2) is 0 Å². The molecule has 0 aliphatic carbocycles. The van der Waals surface area contributed by atoms with E-state index in [0.29, 0.717) is 52.4 Å². The lowest BCUT2D eigenvalue weighted by Crippen LogP contribution is -2.40. The lowest BCUT2D eigenvalue weighted by Gasteiger charge is -2.22. The van der Waals surface area contributed by atoms with Crippen molar-refractivity contribution in [3.63, 3.8) is 0 Å². The number of hydrogen-bond acceptors (Lipinski definition) is 16. The number of aliphatic hydroxyl groups excluding tert-OH is 2. The number of methoxy groups -OCH3 is 2. The smallest absolute Gasteiger partial charge is 0.347 e. The van der Waals surface area contributed by atoms with E-state index in [1.54, 1.807) is 6.92 Å². The molecule has 0 aromatic heterocycles. The van der Waals surface area contributed by atoms with E-state index >= 15 is 0 Å². The number of aliphatic hydroxyl groups is 2. The van der Waals surface area contributed by atoms with Gasteiger partial charge in [0.2, 0.25) is 0 Å². The molecule has 0 aromatic carbocycles. The Labute approximate surface area is 240 Å². The van der Waals surface area contributed by atoms with Crippen LogP contribution in [-0.4, -0.2) is 138 Å². The molecule has 0 bridgehead atoms. The lowest BCUT2D eigenvalue weighted by molar-refractivity contribution is -0.191. The fourth-order valence-corrected chi connectivity index (χ4v) is 2.44.